The van der Waals surface area contributed by atoms with Crippen molar-refractivity contribution in [1.82, 2.24) is 14.5 Å². The molecule has 0 unspecified atom stereocenters. The number of rotatable bonds is 7. The van der Waals surface area contributed by atoms with Gasteiger partial charge in [0.1, 0.15) is 10.7 Å². The second-order valence-electron chi connectivity index (χ2n) is 7.62. The van der Waals surface area contributed by atoms with Gasteiger partial charge in [-0.25, -0.2) is 17.5 Å². The van der Waals surface area contributed by atoms with Crippen molar-refractivity contribution in [3.63, 3.8) is 0 Å². The number of piperazine rings is 1. The molecule has 1 saturated heterocycles. The van der Waals surface area contributed by atoms with Gasteiger partial charge in [0.05, 0.1) is 0 Å². The van der Waals surface area contributed by atoms with Crippen molar-refractivity contribution >= 4 is 15.7 Å². The third-order valence-corrected chi connectivity index (χ3v) is 6.82. The number of nitrogens with one attached hydrogen (secondary N) is 1. The summed E-state index contributed by atoms with van der Waals surface area (Å²) in [7, 11) is 2.11. The summed E-state index contributed by atoms with van der Waals surface area (Å²) in [5.41, 5.74) is 2.12. The van der Waals surface area contributed by atoms with Crippen molar-refractivity contribution in [2.24, 2.45) is 0 Å². The zero-order chi connectivity index (χ0) is 21.0. The molecule has 2 aromatic rings. The molecule has 158 valence electrons. The molecule has 0 spiro atoms. The van der Waals surface area contributed by atoms with E-state index in [0.29, 0.717) is 0 Å². The van der Waals surface area contributed by atoms with Crippen LogP contribution in [0, 0.1) is 5.82 Å². The predicted molar refractivity (Wildman–Crippen MR) is 114 cm³/mol. The quantitative estimate of drug-likeness (QED) is 0.744. The van der Waals surface area contributed by atoms with Crippen molar-refractivity contribution in [2.45, 2.75) is 10.9 Å². The molecule has 8 heteroatoms. The summed E-state index contributed by atoms with van der Waals surface area (Å²) in [6.45, 7) is 3.72. The van der Waals surface area contributed by atoms with Crippen molar-refractivity contribution < 1.29 is 12.8 Å². The van der Waals surface area contributed by atoms with Crippen molar-refractivity contribution in [3.05, 3.63) is 59.9 Å². The van der Waals surface area contributed by atoms with Gasteiger partial charge in [0, 0.05) is 58.5 Å². The van der Waals surface area contributed by atoms with E-state index < -0.39 is 15.8 Å². The van der Waals surface area contributed by atoms with Gasteiger partial charge in [0.25, 0.3) is 0 Å². The summed E-state index contributed by atoms with van der Waals surface area (Å²) in [4.78, 5) is 6.25. The van der Waals surface area contributed by atoms with Gasteiger partial charge in [-0.15, -0.1) is 0 Å². The molecule has 1 atom stereocenters. The van der Waals surface area contributed by atoms with E-state index in [1.165, 1.54) is 18.2 Å². The topological polar surface area (TPSA) is 55.9 Å². The Morgan fingerprint density at radius 2 is 1.66 bits per heavy atom. The number of halogens is 1. The highest BCUT2D eigenvalue weighted by molar-refractivity contribution is 7.89. The third kappa shape index (κ3) is 5.33. The second-order valence-corrected chi connectivity index (χ2v) is 9.36. The molecule has 29 heavy (non-hydrogen) atoms. The first-order valence-electron chi connectivity index (χ1n) is 9.72. The fourth-order valence-electron chi connectivity index (χ4n) is 3.52. The second kappa shape index (κ2) is 9.21. The highest BCUT2D eigenvalue weighted by atomic mass is 32.2. The number of hydrogen-bond acceptors (Lipinski definition) is 5. The zero-order valence-electron chi connectivity index (χ0n) is 17.2. The van der Waals surface area contributed by atoms with Crippen molar-refractivity contribution in [2.75, 3.05) is 58.8 Å². The lowest BCUT2D eigenvalue weighted by molar-refractivity contribution is 0.113. The molecule has 0 amide bonds. The minimum Gasteiger partial charge on any atom is -0.378 e. The van der Waals surface area contributed by atoms with E-state index in [9.17, 15) is 12.8 Å². The van der Waals surface area contributed by atoms with E-state index in [0.717, 1.165) is 43.5 Å². The van der Waals surface area contributed by atoms with Crippen LogP contribution in [-0.4, -0.2) is 72.1 Å². The summed E-state index contributed by atoms with van der Waals surface area (Å²) in [5, 5.41) is 0. The van der Waals surface area contributed by atoms with E-state index in [-0.39, 0.29) is 17.5 Å². The Hall–Kier alpha value is -2.00. The van der Waals surface area contributed by atoms with Gasteiger partial charge in [0.2, 0.25) is 10.0 Å². The molecule has 0 saturated carbocycles. The number of anilines is 1. The summed E-state index contributed by atoms with van der Waals surface area (Å²) in [6, 6.07) is 13.5. The molecule has 1 heterocycles. The first kappa shape index (κ1) is 21.7. The molecule has 0 aromatic heterocycles. The van der Waals surface area contributed by atoms with Crippen molar-refractivity contribution in [3.8, 4) is 0 Å². The predicted octanol–water partition coefficient (Wildman–Crippen LogP) is 2.16. The van der Waals surface area contributed by atoms with E-state index in [1.54, 1.807) is 0 Å². The lowest BCUT2D eigenvalue weighted by Gasteiger charge is -2.38. The molecule has 0 radical (unpaired) electrons. The lowest BCUT2D eigenvalue weighted by atomic mass is 10.0. The van der Waals surface area contributed by atoms with Crippen LogP contribution in [0.2, 0.25) is 0 Å². The maximum absolute atomic E-state index is 14.0. The first-order chi connectivity index (χ1) is 13.8. The van der Waals surface area contributed by atoms with Crippen LogP contribution in [0.4, 0.5) is 10.1 Å². The van der Waals surface area contributed by atoms with Crippen LogP contribution < -0.4 is 9.62 Å². The summed E-state index contributed by atoms with van der Waals surface area (Å²) in [5.74, 6) is -0.744. The molecule has 0 bridgehead atoms. The van der Waals surface area contributed by atoms with E-state index in [4.69, 9.17) is 0 Å². The zero-order valence-corrected chi connectivity index (χ0v) is 18.0. The molecule has 1 aliphatic heterocycles. The number of nitrogens with zero attached hydrogens (tertiary/aromatic N) is 3. The van der Waals surface area contributed by atoms with Crippen LogP contribution in [0.15, 0.2) is 53.4 Å². The van der Waals surface area contributed by atoms with Crippen molar-refractivity contribution in [1.29, 1.82) is 0 Å². The summed E-state index contributed by atoms with van der Waals surface area (Å²) in [6.07, 6.45) is 0. The average Bonchev–Trinajstić information content (AvgIpc) is 2.70. The van der Waals surface area contributed by atoms with Gasteiger partial charge in [-0.3, -0.25) is 4.90 Å². The molecular weight excluding hydrogens is 391 g/mol. The highest BCUT2D eigenvalue weighted by Crippen LogP contribution is 2.25. The minimum atomic E-state index is -3.94. The molecule has 1 N–H and O–H groups in total. The van der Waals surface area contributed by atoms with Crippen LogP contribution >= 0.6 is 0 Å². The van der Waals surface area contributed by atoms with Gasteiger partial charge in [-0.1, -0.05) is 24.3 Å². The Balaban J connectivity index is 1.82. The fraction of sp³-hybridized carbons (Fsp3) is 0.429. The van der Waals surface area contributed by atoms with E-state index in [2.05, 4.69) is 21.6 Å². The van der Waals surface area contributed by atoms with Crippen LogP contribution in [-0.2, 0) is 10.0 Å². The van der Waals surface area contributed by atoms with Crippen LogP contribution in [0.1, 0.15) is 11.6 Å². The first-order valence-corrected chi connectivity index (χ1v) is 11.2. The average molecular weight is 421 g/mol. The monoisotopic (exact) mass is 420 g/mol. The molecule has 6 nitrogen and oxygen atoms in total. The fourth-order valence-corrected chi connectivity index (χ4v) is 4.63. The Morgan fingerprint density at radius 1 is 1.03 bits per heavy atom. The number of likely N-dealkylation sites (N-methyl/N-ethyl adjacent to an activating group) is 1. The van der Waals surface area contributed by atoms with Gasteiger partial charge >= 0.3 is 0 Å². The van der Waals surface area contributed by atoms with Gasteiger partial charge in [-0.2, -0.15) is 0 Å². The maximum Gasteiger partial charge on any atom is 0.243 e. The number of benzene rings is 2. The van der Waals surface area contributed by atoms with E-state index in [1.807, 2.05) is 43.3 Å². The maximum atomic E-state index is 14.0. The van der Waals surface area contributed by atoms with Crippen LogP contribution in [0.25, 0.3) is 0 Å². The Kier molecular flexibility index (Phi) is 6.89. The standard InChI is InChI=1S/C21H29FN4O2S/c1-24(2)18-10-8-17(9-11-18)20(26-14-12-25(3)13-15-26)16-23-29(27,28)21-7-5-4-6-19(21)22/h4-11,20,23H,12-16H2,1-3H3/t20-/m1/s1. The normalized spacial score (nSPS) is 17.2. The largest absolute Gasteiger partial charge is 0.378 e. The Labute approximate surface area is 173 Å². The smallest absolute Gasteiger partial charge is 0.243 e. The van der Waals surface area contributed by atoms with E-state index >= 15 is 0 Å². The Bertz CT molecular complexity index is 911. The van der Waals surface area contributed by atoms with Crippen LogP contribution in [0.3, 0.4) is 0 Å². The lowest BCUT2D eigenvalue weighted by Crippen LogP contribution is -2.48. The SMILES string of the molecule is CN1CCN([C@H](CNS(=O)(=O)c2ccccc2F)c2ccc(N(C)C)cc2)CC1. The number of hydrogen-bond donors (Lipinski definition) is 1. The van der Waals surface area contributed by atoms with Gasteiger partial charge in [-0.05, 0) is 36.9 Å². The molecule has 2 aromatic carbocycles. The highest BCUT2D eigenvalue weighted by Gasteiger charge is 2.27. The minimum absolute atomic E-state index is 0.124. The molecule has 1 aliphatic rings. The molecule has 0 aliphatic carbocycles. The van der Waals surface area contributed by atoms with Gasteiger partial charge < -0.3 is 9.80 Å². The van der Waals surface area contributed by atoms with Crippen LogP contribution in [0.5, 0.6) is 0 Å². The summed E-state index contributed by atoms with van der Waals surface area (Å²) >= 11 is 0. The molecule has 3 rings (SSSR count). The van der Waals surface area contributed by atoms with Gasteiger partial charge in [0.15, 0.2) is 0 Å². The molecule has 1 fully saturated rings. The molecular formula is C21H29FN4O2S. The summed E-state index contributed by atoms with van der Waals surface area (Å²) < 4.78 is 42.0. The third-order valence-electron chi connectivity index (χ3n) is 5.37. The Morgan fingerprint density at radius 3 is 2.24 bits per heavy atom. The number of sulfonamides is 1.